The molecule has 2 rings (SSSR count). The van der Waals surface area contributed by atoms with Gasteiger partial charge in [0.1, 0.15) is 42.9 Å². The summed E-state index contributed by atoms with van der Waals surface area (Å²) < 4.78 is 10.3. The highest BCUT2D eigenvalue weighted by atomic mass is 16.7. The van der Waals surface area contributed by atoms with Crippen molar-refractivity contribution in [3.63, 3.8) is 0 Å². The lowest BCUT2D eigenvalue weighted by Crippen LogP contribution is -2.67. The highest BCUT2D eigenvalue weighted by Crippen LogP contribution is 2.24. The Bertz CT molecular complexity index is 417. The predicted octanol–water partition coefficient (Wildman–Crippen LogP) is -5.62. The molecule has 0 bridgehead atoms. The van der Waals surface area contributed by atoms with E-state index in [9.17, 15) is 30.3 Å². The zero-order chi connectivity index (χ0) is 17.3. The molecule has 9 atom stereocenters. The van der Waals surface area contributed by atoms with Crippen LogP contribution in [0.5, 0.6) is 0 Å². The van der Waals surface area contributed by atoms with E-state index in [1.165, 1.54) is 0 Å². The van der Waals surface area contributed by atoms with Gasteiger partial charge in [-0.25, -0.2) is 0 Å². The number of carbonyl (C=O) groups excluding carboxylic acids is 1. The van der Waals surface area contributed by atoms with Crippen LogP contribution in [0.25, 0.3) is 0 Å². The van der Waals surface area contributed by atoms with E-state index in [0.717, 1.165) is 0 Å². The molecule has 8 N–H and O–H groups in total. The monoisotopic (exact) mass is 339 g/mol. The third-order valence-corrected chi connectivity index (χ3v) is 3.95. The van der Waals surface area contributed by atoms with Gasteiger partial charge in [0.25, 0.3) is 0 Å². The summed E-state index contributed by atoms with van der Waals surface area (Å²) in [5.41, 5.74) is 0. The molecule has 0 aromatic rings. The van der Waals surface area contributed by atoms with Crippen LogP contribution in [0.15, 0.2) is 0 Å². The van der Waals surface area contributed by atoms with E-state index >= 15 is 0 Å². The topological polar surface area (TPSA) is 189 Å². The van der Waals surface area contributed by atoms with Crippen molar-refractivity contribution in [2.24, 2.45) is 0 Å². The van der Waals surface area contributed by atoms with E-state index < -0.39 is 74.2 Å². The van der Waals surface area contributed by atoms with Crippen LogP contribution in [0.4, 0.5) is 0 Å². The van der Waals surface area contributed by atoms with Crippen LogP contribution in [-0.4, -0.2) is 110 Å². The van der Waals surface area contributed by atoms with Crippen LogP contribution in [0.3, 0.4) is 0 Å². The Kier molecular flexibility index (Phi) is 6.02. The molecule has 2 aliphatic heterocycles. The molecule has 2 fully saturated rings. The van der Waals surface area contributed by atoms with Gasteiger partial charge in [-0.05, 0) is 0 Å². The minimum absolute atomic E-state index is 0.656. The van der Waals surface area contributed by atoms with Gasteiger partial charge in [0.2, 0.25) is 0 Å². The fourth-order valence-corrected chi connectivity index (χ4v) is 2.51. The summed E-state index contributed by atoms with van der Waals surface area (Å²) in [6.45, 7) is -1.32. The molecule has 0 saturated carbocycles. The molecule has 8 unspecified atom stereocenters. The van der Waals surface area contributed by atoms with Crippen LogP contribution in [0, 0.1) is 0 Å². The summed E-state index contributed by atoms with van der Waals surface area (Å²) in [6.07, 6.45) is -12.6. The van der Waals surface area contributed by atoms with Gasteiger partial charge in [0, 0.05) is 0 Å². The van der Waals surface area contributed by atoms with Crippen molar-refractivity contribution >= 4 is 5.78 Å². The molecule has 11 nitrogen and oxygen atoms in total. The molecule has 134 valence electrons. The number of hydrogen-bond donors (Lipinski definition) is 8. The number of aliphatic hydroxyl groups is 7. The maximum absolute atomic E-state index is 11.6. The molecule has 0 aliphatic carbocycles. The van der Waals surface area contributed by atoms with Gasteiger partial charge in [-0.2, -0.15) is 0 Å². The van der Waals surface area contributed by atoms with E-state index in [4.69, 9.17) is 19.7 Å². The first-order valence-corrected chi connectivity index (χ1v) is 7.04. The molecule has 0 radical (unpaired) electrons. The van der Waals surface area contributed by atoms with E-state index in [-0.39, 0.29) is 0 Å². The van der Waals surface area contributed by atoms with Gasteiger partial charge in [-0.1, -0.05) is 0 Å². The molecular formula is C12H21NO10. The fourth-order valence-electron chi connectivity index (χ4n) is 2.51. The lowest BCUT2D eigenvalue weighted by molar-refractivity contribution is -0.323. The Hall–Kier alpha value is -0.730. The summed E-state index contributed by atoms with van der Waals surface area (Å²) in [6, 6.07) is -1.19. The van der Waals surface area contributed by atoms with Crippen molar-refractivity contribution in [1.29, 1.82) is 0 Å². The maximum atomic E-state index is 11.6. The summed E-state index contributed by atoms with van der Waals surface area (Å²) in [7, 11) is 0. The zero-order valence-electron chi connectivity index (χ0n) is 12.0. The summed E-state index contributed by atoms with van der Waals surface area (Å²) in [5.74, 6) is -0.825. The second-order valence-electron chi connectivity index (χ2n) is 5.49. The average Bonchev–Trinajstić information content (AvgIpc) is 2.55. The van der Waals surface area contributed by atoms with Gasteiger partial charge in [-0.15, -0.1) is 0 Å². The largest absolute Gasteiger partial charge is 0.394 e. The van der Waals surface area contributed by atoms with Crippen molar-refractivity contribution in [1.82, 2.24) is 5.32 Å². The van der Waals surface area contributed by atoms with Crippen LogP contribution in [0.2, 0.25) is 0 Å². The van der Waals surface area contributed by atoms with Crippen molar-refractivity contribution in [2.45, 2.75) is 55.2 Å². The zero-order valence-corrected chi connectivity index (χ0v) is 12.0. The van der Waals surface area contributed by atoms with E-state index in [0.29, 0.717) is 0 Å². The predicted molar refractivity (Wildman–Crippen MR) is 69.7 cm³/mol. The molecule has 2 aliphatic rings. The van der Waals surface area contributed by atoms with E-state index in [2.05, 4.69) is 5.32 Å². The van der Waals surface area contributed by atoms with Crippen LogP contribution in [-0.2, 0) is 14.3 Å². The first kappa shape index (κ1) is 18.6. The van der Waals surface area contributed by atoms with Crippen LogP contribution in [0.1, 0.15) is 0 Å². The standard InChI is InChI=1S/C12H21NO10/c14-1-3-5(16)7(18)9(20)11(13-3)23-12-10(21)8(19)6(17)4(2-15)22-12/h3-4,6-15,17-21H,1-2H2/t3?,4?,6?,7?,8?,9-,10?,11?,12?/m0/s1. The third-order valence-electron chi connectivity index (χ3n) is 3.95. The highest BCUT2D eigenvalue weighted by molar-refractivity contribution is 5.89. The number of aliphatic hydroxyl groups excluding tert-OH is 7. The number of ketones is 1. The summed E-state index contributed by atoms with van der Waals surface area (Å²) in [5, 5.41) is 69.2. The fraction of sp³-hybridized carbons (Fsp3) is 0.917. The highest BCUT2D eigenvalue weighted by Gasteiger charge is 2.48. The number of rotatable bonds is 4. The Morgan fingerprint density at radius 2 is 1.61 bits per heavy atom. The molecule has 2 saturated heterocycles. The Morgan fingerprint density at radius 3 is 2.17 bits per heavy atom. The van der Waals surface area contributed by atoms with E-state index in [1.54, 1.807) is 0 Å². The smallest absolute Gasteiger partial charge is 0.188 e. The molecule has 0 aromatic carbocycles. The molecule has 2 heterocycles. The molecule has 23 heavy (non-hydrogen) atoms. The van der Waals surface area contributed by atoms with Gasteiger partial charge in [-0.3, -0.25) is 10.1 Å². The number of ether oxygens (including phenoxy) is 2. The third kappa shape index (κ3) is 3.53. The molecule has 11 heteroatoms. The SMILES string of the molecule is O=C1C(CO)NC(OC2OC(CO)C(O)C(O)C2O)[C@@H](O)C1O. The first-order valence-electron chi connectivity index (χ1n) is 7.04. The van der Waals surface area contributed by atoms with Gasteiger partial charge < -0.3 is 45.2 Å². The van der Waals surface area contributed by atoms with Crippen molar-refractivity contribution in [2.75, 3.05) is 13.2 Å². The lowest BCUT2D eigenvalue weighted by atomic mass is 9.96. The minimum Gasteiger partial charge on any atom is -0.394 e. The lowest BCUT2D eigenvalue weighted by Gasteiger charge is -2.43. The first-order chi connectivity index (χ1) is 10.8. The minimum atomic E-state index is -1.82. The average molecular weight is 339 g/mol. The number of carbonyl (C=O) groups is 1. The maximum Gasteiger partial charge on any atom is 0.188 e. The molecule has 0 aromatic heterocycles. The number of hydrogen-bond acceptors (Lipinski definition) is 11. The Labute approximate surface area is 130 Å². The van der Waals surface area contributed by atoms with Gasteiger partial charge >= 0.3 is 0 Å². The van der Waals surface area contributed by atoms with Crippen LogP contribution < -0.4 is 5.32 Å². The molecule has 0 spiro atoms. The number of Topliss-reactive ketones (excluding diaryl/α,β-unsaturated/α-hetero) is 1. The van der Waals surface area contributed by atoms with Gasteiger partial charge in [0.05, 0.1) is 19.3 Å². The molecular weight excluding hydrogens is 318 g/mol. The van der Waals surface area contributed by atoms with Crippen molar-refractivity contribution in [3.05, 3.63) is 0 Å². The summed E-state index contributed by atoms with van der Waals surface area (Å²) >= 11 is 0. The van der Waals surface area contributed by atoms with Crippen LogP contribution >= 0.6 is 0 Å². The second-order valence-corrected chi connectivity index (χ2v) is 5.49. The second kappa shape index (κ2) is 7.44. The van der Waals surface area contributed by atoms with E-state index in [1.807, 2.05) is 0 Å². The normalized spacial score (nSPS) is 48.5. The Morgan fingerprint density at radius 1 is 0.957 bits per heavy atom. The van der Waals surface area contributed by atoms with Gasteiger partial charge in [0.15, 0.2) is 12.1 Å². The quantitative estimate of drug-likeness (QED) is 0.244. The summed E-state index contributed by atoms with van der Waals surface area (Å²) in [4.78, 5) is 11.6. The van der Waals surface area contributed by atoms with Crippen molar-refractivity contribution in [3.8, 4) is 0 Å². The van der Waals surface area contributed by atoms with Crippen molar-refractivity contribution < 1.29 is 50.0 Å². The molecule has 0 amide bonds. The Balaban J connectivity index is 2.09. The number of nitrogens with one attached hydrogen (secondary N) is 1. The number of piperidine rings is 1.